The number of sulfonamides is 1. The summed E-state index contributed by atoms with van der Waals surface area (Å²) in [5.74, 6) is 0.158. The van der Waals surface area contributed by atoms with Crippen molar-refractivity contribution in [3.05, 3.63) is 42.5 Å². The summed E-state index contributed by atoms with van der Waals surface area (Å²) in [7, 11) is -1.82. The van der Waals surface area contributed by atoms with E-state index in [4.69, 9.17) is 0 Å². The number of carbonyl (C=O) groups excluding carboxylic acids is 2. The zero-order valence-electron chi connectivity index (χ0n) is 18.2. The molecule has 1 heterocycles. The molecule has 164 valence electrons. The van der Waals surface area contributed by atoms with Gasteiger partial charge in [0.1, 0.15) is 0 Å². The molecule has 8 heteroatoms. The third kappa shape index (κ3) is 4.04. The predicted octanol–water partition coefficient (Wildman–Crippen LogP) is 3.25. The summed E-state index contributed by atoms with van der Waals surface area (Å²) < 4.78 is 24.8. The summed E-state index contributed by atoms with van der Waals surface area (Å²) in [6, 6.07) is 12.9. The summed E-state index contributed by atoms with van der Waals surface area (Å²) in [4.78, 5) is 28.8. The highest BCUT2D eigenvalue weighted by Crippen LogP contribution is 2.42. The average molecular weight is 442 g/mol. The van der Waals surface area contributed by atoms with E-state index in [-0.39, 0.29) is 23.8 Å². The van der Waals surface area contributed by atoms with Gasteiger partial charge in [-0.05, 0) is 55.2 Å². The zero-order valence-corrected chi connectivity index (χ0v) is 19.0. The van der Waals surface area contributed by atoms with Crippen LogP contribution in [0.1, 0.15) is 26.7 Å². The van der Waals surface area contributed by atoms with Crippen LogP contribution in [-0.2, 0) is 19.6 Å². The van der Waals surface area contributed by atoms with E-state index in [1.165, 1.54) is 11.4 Å². The summed E-state index contributed by atoms with van der Waals surface area (Å²) in [5, 5.41) is 0. The minimum absolute atomic E-state index is 0.0480. The maximum absolute atomic E-state index is 13.0. The molecule has 31 heavy (non-hydrogen) atoms. The number of fused-ring (bicyclic) bond motifs is 1. The quantitative estimate of drug-likeness (QED) is 0.730. The van der Waals surface area contributed by atoms with E-state index in [1.807, 2.05) is 42.2 Å². The maximum atomic E-state index is 13.0. The SMILES string of the molecule is CC(=O)N1c2ccc(-c3ccc(N(C)S(C)(=O)=O)cc3)cc2N(C(=O)C2CC2)C[C@@H]1C. The average Bonchev–Trinajstić information content (AvgIpc) is 3.56. The third-order valence-electron chi connectivity index (χ3n) is 6.01. The molecule has 2 amide bonds. The molecular weight excluding hydrogens is 414 g/mol. The van der Waals surface area contributed by atoms with Crippen molar-refractivity contribution in [3.8, 4) is 11.1 Å². The molecule has 4 rings (SSSR count). The van der Waals surface area contributed by atoms with E-state index in [0.717, 1.165) is 41.6 Å². The Kier molecular flexibility index (Phi) is 5.29. The molecule has 1 saturated carbocycles. The fourth-order valence-electron chi connectivity index (χ4n) is 4.10. The number of benzene rings is 2. The molecule has 0 radical (unpaired) electrons. The summed E-state index contributed by atoms with van der Waals surface area (Å²) in [6.07, 6.45) is 3.01. The van der Waals surface area contributed by atoms with Crippen molar-refractivity contribution in [3.63, 3.8) is 0 Å². The normalized spacial score (nSPS) is 18.5. The van der Waals surface area contributed by atoms with Crippen LogP contribution < -0.4 is 14.1 Å². The Morgan fingerprint density at radius 2 is 1.61 bits per heavy atom. The molecule has 2 aromatic carbocycles. The van der Waals surface area contributed by atoms with Crippen LogP contribution in [0.5, 0.6) is 0 Å². The molecule has 7 nitrogen and oxygen atoms in total. The fourth-order valence-corrected chi connectivity index (χ4v) is 4.60. The van der Waals surface area contributed by atoms with Gasteiger partial charge >= 0.3 is 0 Å². The van der Waals surface area contributed by atoms with Gasteiger partial charge in [0, 0.05) is 26.4 Å². The molecule has 0 unspecified atom stereocenters. The number of hydrogen-bond acceptors (Lipinski definition) is 4. The topological polar surface area (TPSA) is 78.0 Å². The Balaban J connectivity index is 1.74. The molecule has 1 aliphatic heterocycles. The lowest BCUT2D eigenvalue weighted by atomic mass is 10.00. The molecule has 1 aliphatic carbocycles. The smallest absolute Gasteiger partial charge is 0.231 e. The predicted molar refractivity (Wildman–Crippen MR) is 123 cm³/mol. The molecule has 0 spiro atoms. The molecule has 1 atom stereocenters. The lowest BCUT2D eigenvalue weighted by Crippen LogP contribution is -2.51. The Bertz CT molecular complexity index is 1140. The van der Waals surface area contributed by atoms with Crippen molar-refractivity contribution < 1.29 is 18.0 Å². The Labute approximate surface area is 183 Å². The lowest BCUT2D eigenvalue weighted by Gasteiger charge is -2.41. The molecular formula is C23H27N3O4S. The number of hydrogen-bond donors (Lipinski definition) is 0. The first-order chi connectivity index (χ1) is 14.6. The number of carbonyl (C=O) groups is 2. The second-order valence-electron chi connectivity index (χ2n) is 8.44. The molecule has 0 N–H and O–H groups in total. The second kappa shape index (κ2) is 7.67. The standard InChI is InChI=1S/C23H27N3O4S/c1-15-14-25(23(28)18-5-6-18)22-13-19(9-12-21(22)26(15)16(2)27)17-7-10-20(11-8-17)24(3)31(4,29)30/h7-13,15,18H,5-6,14H2,1-4H3/t15-/m0/s1. The van der Waals surface area contributed by atoms with Crippen LogP contribution in [-0.4, -0.2) is 46.1 Å². The fraction of sp³-hybridized carbons (Fsp3) is 0.391. The van der Waals surface area contributed by atoms with Gasteiger partial charge in [0.2, 0.25) is 21.8 Å². The van der Waals surface area contributed by atoms with Crippen LogP contribution in [0.25, 0.3) is 11.1 Å². The first kappa shape index (κ1) is 21.4. The molecule has 1 fully saturated rings. The second-order valence-corrected chi connectivity index (χ2v) is 10.5. The highest BCUT2D eigenvalue weighted by molar-refractivity contribution is 7.92. The number of nitrogens with zero attached hydrogens (tertiary/aromatic N) is 3. The van der Waals surface area contributed by atoms with E-state index in [0.29, 0.717) is 12.2 Å². The Morgan fingerprint density at radius 3 is 2.16 bits per heavy atom. The van der Waals surface area contributed by atoms with Gasteiger partial charge in [-0.1, -0.05) is 18.2 Å². The summed E-state index contributed by atoms with van der Waals surface area (Å²) in [6.45, 7) is 3.98. The first-order valence-electron chi connectivity index (χ1n) is 10.4. The van der Waals surface area contributed by atoms with Gasteiger partial charge in [0.25, 0.3) is 0 Å². The van der Waals surface area contributed by atoms with Gasteiger partial charge in [-0.15, -0.1) is 0 Å². The van der Waals surface area contributed by atoms with Crippen molar-refractivity contribution in [2.24, 2.45) is 5.92 Å². The van der Waals surface area contributed by atoms with E-state index in [1.54, 1.807) is 24.0 Å². The van der Waals surface area contributed by atoms with Crippen LogP contribution in [0.15, 0.2) is 42.5 Å². The first-order valence-corrected chi connectivity index (χ1v) is 12.2. The number of anilines is 3. The summed E-state index contributed by atoms with van der Waals surface area (Å²) >= 11 is 0. The maximum Gasteiger partial charge on any atom is 0.231 e. The molecule has 2 aliphatic rings. The highest BCUT2D eigenvalue weighted by atomic mass is 32.2. The van der Waals surface area contributed by atoms with Crippen molar-refractivity contribution in [2.75, 3.05) is 34.0 Å². The Morgan fingerprint density at radius 1 is 1.00 bits per heavy atom. The van der Waals surface area contributed by atoms with Gasteiger partial charge in [0.15, 0.2) is 0 Å². The van der Waals surface area contributed by atoms with Gasteiger partial charge in [-0.25, -0.2) is 8.42 Å². The molecule has 0 saturated heterocycles. The monoisotopic (exact) mass is 441 g/mol. The van der Waals surface area contributed by atoms with Crippen LogP contribution in [0, 0.1) is 5.92 Å². The van der Waals surface area contributed by atoms with Crippen LogP contribution in [0.4, 0.5) is 17.1 Å². The lowest BCUT2D eigenvalue weighted by molar-refractivity contribution is -0.120. The highest BCUT2D eigenvalue weighted by Gasteiger charge is 2.39. The van der Waals surface area contributed by atoms with Crippen molar-refractivity contribution in [1.29, 1.82) is 0 Å². The van der Waals surface area contributed by atoms with Crippen molar-refractivity contribution in [1.82, 2.24) is 0 Å². The number of amides is 2. The van der Waals surface area contributed by atoms with Gasteiger partial charge in [0.05, 0.1) is 29.4 Å². The number of rotatable bonds is 4. The third-order valence-corrected chi connectivity index (χ3v) is 7.21. The van der Waals surface area contributed by atoms with E-state index in [9.17, 15) is 18.0 Å². The van der Waals surface area contributed by atoms with E-state index < -0.39 is 10.0 Å². The van der Waals surface area contributed by atoms with Crippen molar-refractivity contribution >= 4 is 38.9 Å². The Hall–Kier alpha value is -2.87. The minimum atomic E-state index is -3.33. The molecule has 2 aromatic rings. The van der Waals surface area contributed by atoms with Gasteiger partial charge in [-0.2, -0.15) is 0 Å². The van der Waals surface area contributed by atoms with E-state index in [2.05, 4.69) is 0 Å². The minimum Gasteiger partial charge on any atom is -0.308 e. The summed E-state index contributed by atoms with van der Waals surface area (Å²) in [5.41, 5.74) is 3.88. The van der Waals surface area contributed by atoms with E-state index >= 15 is 0 Å². The molecule has 0 aromatic heterocycles. The van der Waals surface area contributed by atoms with Crippen molar-refractivity contribution in [2.45, 2.75) is 32.7 Å². The van der Waals surface area contributed by atoms with Crippen LogP contribution in [0.2, 0.25) is 0 Å². The molecule has 0 bridgehead atoms. The van der Waals surface area contributed by atoms with Crippen LogP contribution in [0.3, 0.4) is 0 Å². The van der Waals surface area contributed by atoms with Gasteiger partial charge in [-0.3, -0.25) is 13.9 Å². The zero-order chi connectivity index (χ0) is 22.5. The largest absolute Gasteiger partial charge is 0.308 e. The van der Waals surface area contributed by atoms with Gasteiger partial charge < -0.3 is 9.80 Å². The van der Waals surface area contributed by atoms with Crippen LogP contribution >= 0.6 is 0 Å².